The van der Waals surface area contributed by atoms with Gasteiger partial charge in [-0.3, -0.25) is 9.59 Å². The Morgan fingerprint density at radius 3 is 2.36 bits per heavy atom. The molecular formula is C17H22Cl2N2O4. The lowest BCUT2D eigenvalue weighted by atomic mass is 10.0. The van der Waals surface area contributed by atoms with E-state index < -0.39 is 17.9 Å². The number of halogens is 2. The van der Waals surface area contributed by atoms with E-state index in [1.165, 1.54) is 23.1 Å². The van der Waals surface area contributed by atoms with E-state index in [1.807, 2.05) is 13.8 Å². The van der Waals surface area contributed by atoms with Crippen LogP contribution in [-0.2, 0) is 14.3 Å². The van der Waals surface area contributed by atoms with Crippen LogP contribution < -0.4 is 5.32 Å². The summed E-state index contributed by atoms with van der Waals surface area (Å²) < 4.78 is 5.02. The van der Waals surface area contributed by atoms with Crippen molar-refractivity contribution in [3.05, 3.63) is 33.8 Å². The van der Waals surface area contributed by atoms with E-state index in [2.05, 4.69) is 5.32 Å². The zero-order valence-electron chi connectivity index (χ0n) is 14.6. The van der Waals surface area contributed by atoms with E-state index in [0.29, 0.717) is 11.4 Å². The molecule has 0 heterocycles. The molecule has 1 rings (SSSR count). The number of amides is 2. The van der Waals surface area contributed by atoms with Crippen LogP contribution in [0.5, 0.6) is 0 Å². The van der Waals surface area contributed by atoms with Crippen LogP contribution in [0.15, 0.2) is 18.2 Å². The second-order valence-electron chi connectivity index (χ2n) is 6.18. The van der Waals surface area contributed by atoms with Crippen molar-refractivity contribution < 1.29 is 19.1 Å². The number of esters is 1. The molecule has 0 fully saturated rings. The van der Waals surface area contributed by atoms with Crippen molar-refractivity contribution in [2.75, 3.05) is 20.7 Å². The molecule has 1 N–H and O–H groups in total. The molecule has 0 bridgehead atoms. The fourth-order valence-corrected chi connectivity index (χ4v) is 2.45. The average Bonchev–Trinajstić information content (AvgIpc) is 2.50. The van der Waals surface area contributed by atoms with Gasteiger partial charge in [0.2, 0.25) is 0 Å². The van der Waals surface area contributed by atoms with Crippen molar-refractivity contribution in [2.24, 2.45) is 5.92 Å². The molecule has 25 heavy (non-hydrogen) atoms. The normalized spacial score (nSPS) is 11.8. The second kappa shape index (κ2) is 9.63. The number of benzene rings is 1. The van der Waals surface area contributed by atoms with Crippen molar-refractivity contribution in [2.45, 2.75) is 26.3 Å². The third kappa shape index (κ3) is 6.92. The van der Waals surface area contributed by atoms with E-state index in [4.69, 9.17) is 27.9 Å². The molecule has 8 heteroatoms. The monoisotopic (exact) mass is 388 g/mol. The molecule has 6 nitrogen and oxygen atoms in total. The smallest absolute Gasteiger partial charge is 0.329 e. The lowest BCUT2D eigenvalue weighted by molar-refractivity contribution is -0.153. The van der Waals surface area contributed by atoms with Crippen molar-refractivity contribution >= 4 is 41.0 Å². The lowest BCUT2D eigenvalue weighted by Crippen LogP contribution is -2.43. The van der Waals surface area contributed by atoms with Gasteiger partial charge in [0.15, 0.2) is 6.61 Å². The maximum Gasteiger partial charge on any atom is 0.329 e. The Bertz CT molecular complexity index is 648. The lowest BCUT2D eigenvalue weighted by Gasteiger charge is -2.20. The highest BCUT2D eigenvalue weighted by atomic mass is 35.5. The number of rotatable bonds is 7. The molecule has 138 valence electrons. The summed E-state index contributed by atoms with van der Waals surface area (Å²) in [6.45, 7) is 3.44. The molecule has 1 aromatic rings. The third-order valence-corrected chi connectivity index (χ3v) is 3.86. The first-order chi connectivity index (χ1) is 11.6. The van der Waals surface area contributed by atoms with Crippen LogP contribution in [0, 0.1) is 5.92 Å². The van der Waals surface area contributed by atoms with Gasteiger partial charge in [-0.25, -0.2) is 4.79 Å². The van der Waals surface area contributed by atoms with Gasteiger partial charge >= 0.3 is 5.97 Å². The molecule has 0 aromatic heterocycles. The van der Waals surface area contributed by atoms with Gasteiger partial charge in [-0.1, -0.05) is 37.0 Å². The van der Waals surface area contributed by atoms with E-state index in [1.54, 1.807) is 14.1 Å². The highest BCUT2D eigenvalue weighted by Gasteiger charge is 2.25. The maximum absolute atomic E-state index is 12.4. The van der Waals surface area contributed by atoms with E-state index >= 15 is 0 Å². The molecule has 0 aliphatic heterocycles. The van der Waals surface area contributed by atoms with Gasteiger partial charge < -0.3 is 15.0 Å². The molecule has 0 aliphatic carbocycles. The first-order valence-corrected chi connectivity index (χ1v) is 8.50. The van der Waals surface area contributed by atoms with Crippen molar-refractivity contribution in [3.63, 3.8) is 0 Å². The van der Waals surface area contributed by atoms with Crippen LogP contribution in [0.3, 0.4) is 0 Å². The van der Waals surface area contributed by atoms with Crippen LogP contribution in [0.2, 0.25) is 10.0 Å². The topological polar surface area (TPSA) is 75.7 Å². The minimum absolute atomic E-state index is 0.128. The first kappa shape index (κ1) is 21.3. The highest BCUT2D eigenvalue weighted by Crippen LogP contribution is 2.21. The first-order valence-electron chi connectivity index (χ1n) is 7.74. The predicted molar refractivity (Wildman–Crippen MR) is 96.8 cm³/mol. The Balaban J connectivity index is 2.82. The van der Waals surface area contributed by atoms with Crippen LogP contribution in [0.4, 0.5) is 0 Å². The second-order valence-corrected chi connectivity index (χ2v) is 7.02. The zero-order valence-corrected chi connectivity index (χ0v) is 16.1. The van der Waals surface area contributed by atoms with Gasteiger partial charge in [0.1, 0.15) is 6.04 Å². The molecule has 0 saturated heterocycles. The Morgan fingerprint density at radius 1 is 1.20 bits per heavy atom. The molecule has 0 saturated carbocycles. The Hall–Kier alpha value is -1.79. The molecule has 0 spiro atoms. The summed E-state index contributed by atoms with van der Waals surface area (Å²) in [6, 6.07) is 3.58. The number of nitrogens with zero attached hydrogens (tertiary/aromatic N) is 1. The fraction of sp³-hybridized carbons (Fsp3) is 0.471. The van der Waals surface area contributed by atoms with Crippen LogP contribution in [0.1, 0.15) is 30.6 Å². The number of hydrogen-bond donors (Lipinski definition) is 1. The van der Waals surface area contributed by atoms with Crippen molar-refractivity contribution in [1.82, 2.24) is 10.2 Å². The fourth-order valence-electron chi connectivity index (χ4n) is 1.96. The quantitative estimate of drug-likeness (QED) is 0.728. The van der Waals surface area contributed by atoms with Crippen molar-refractivity contribution in [3.8, 4) is 0 Å². The summed E-state index contributed by atoms with van der Waals surface area (Å²) in [5.41, 5.74) is 0.206. The minimum Gasteiger partial charge on any atom is -0.454 e. The maximum atomic E-state index is 12.4. The standard InChI is InChI=1S/C17H22Cl2N2O4/c1-10(2)7-14(17(24)25-9-15(22)21(3)4)20-16(23)12-6-5-11(18)8-13(12)19/h5-6,8,10,14H,7,9H2,1-4H3,(H,20,23)/t14-/m1/s1. The third-order valence-electron chi connectivity index (χ3n) is 3.31. The summed E-state index contributed by atoms with van der Waals surface area (Å²) in [4.78, 5) is 37.5. The van der Waals surface area contributed by atoms with Gasteiger partial charge in [-0.15, -0.1) is 0 Å². The van der Waals surface area contributed by atoms with Gasteiger partial charge in [-0.2, -0.15) is 0 Å². The summed E-state index contributed by atoms with van der Waals surface area (Å²) in [6.07, 6.45) is 0.367. The summed E-state index contributed by atoms with van der Waals surface area (Å²) in [5.74, 6) is -1.39. The van der Waals surface area contributed by atoms with Gasteiger partial charge in [0, 0.05) is 19.1 Å². The largest absolute Gasteiger partial charge is 0.454 e. The molecule has 0 aliphatic rings. The van der Waals surface area contributed by atoms with E-state index in [0.717, 1.165) is 0 Å². The SMILES string of the molecule is CC(C)C[C@@H](NC(=O)c1ccc(Cl)cc1Cl)C(=O)OCC(=O)N(C)C. The van der Waals surface area contributed by atoms with Gasteiger partial charge in [0.05, 0.1) is 10.6 Å². The Labute approximate surface area is 157 Å². The van der Waals surface area contributed by atoms with Gasteiger partial charge in [0.25, 0.3) is 11.8 Å². The summed E-state index contributed by atoms with van der Waals surface area (Å²) in [7, 11) is 3.12. The molecule has 0 radical (unpaired) electrons. The summed E-state index contributed by atoms with van der Waals surface area (Å²) >= 11 is 11.8. The highest BCUT2D eigenvalue weighted by molar-refractivity contribution is 6.36. The number of carbonyl (C=O) groups excluding carboxylic acids is 3. The van der Waals surface area contributed by atoms with Crippen LogP contribution in [-0.4, -0.2) is 49.4 Å². The van der Waals surface area contributed by atoms with E-state index in [9.17, 15) is 14.4 Å². The zero-order chi connectivity index (χ0) is 19.1. The predicted octanol–water partition coefficient (Wildman–Crippen LogP) is 2.77. The minimum atomic E-state index is -0.880. The molecular weight excluding hydrogens is 367 g/mol. The number of carbonyl (C=O) groups is 3. The number of likely N-dealkylation sites (N-methyl/N-ethyl adjacent to an activating group) is 1. The average molecular weight is 389 g/mol. The Morgan fingerprint density at radius 2 is 1.84 bits per heavy atom. The van der Waals surface area contributed by atoms with Crippen LogP contribution >= 0.6 is 23.2 Å². The van der Waals surface area contributed by atoms with E-state index in [-0.39, 0.29) is 29.0 Å². The Kier molecular flexibility index (Phi) is 8.19. The van der Waals surface area contributed by atoms with Crippen LogP contribution in [0.25, 0.3) is 0 Å². The molecule has 2 amide bonds. The van der Waals surface area contributed by atoms with Crippen molar-refractivity contribution in [1.29, 1.82) is 0 Å². The number of hydrogen-bond acceptors (Lipinski definition) is 4. The number of ether oxygens (including phenoxy) is 1. The molecule has 1 aromatic carbocycles. The molecule has 0 unspecified atom stereocenters. The number of nitrogens with one attached hydrogen (secondary N) is 1. The summed E-state index contributed by atoms with van der Waals surface area (Å²) in [5, 5.41) is 3.20. The van der Waals surface area contributed by atoms with Gasteiger partial charge in [-0.05, 0) is 30.5 Å². The molecule has 1 atom stereocenters.